The number of fused-ring (bicyclic) bond motifs is 1. The fourth-order valence-electron chi connectivity index (χ4n) is 4.55. The highest BCUT2D eigenvalue weighted by atomic mass is 19.4. The standard InChI is InChI=1S/C29H25F4N5O3/c1-41-20-12-10-18(11-13-20)16-34-27-35-23-14-15-37(17-21(23)26(39)38(27)19-6-3-2-4-7-19)28(40)36-24-9-5-8-22(25(24)30)29(31,32)33/h2-13H,14-17H2,1H3,(H,34,35)(H,36,40). The molecule has 4 aromatic rings. The van der Waals surface area contributed by atoms with Crippen molar-refractivity contribution >= 4 is 17.7 Å². The molecule has 0 saturated carbocycles. The van der Waals surface area contributed by atoms with E-state index in [-0.39, 0.29) is 25.1 Å². The fraction of sp³-hybridized carbons (Fsp3) is 0.207. The fourth-order valence-corrected chi connectivity index (χ4v) is 4.55. The van der Waals surface area contributed by atoms with Crippen molar-refractivity contribution in [1.82, 2.24) is 14.5 Å². The Hall–Kier alpha value is -4.87. The van der Waals surface area contributed by atoms with Gasteiger partial charge in [-0.3, -0.25) is 4.79 Å². The van der Waals surface area contributed by atoms with Crippen LogP contribution in [0.25, 0.3) is 5.69 Å². The van der Waals surface area contributed by atoms with Gasteiger partial charge in [0.25, 0.3) is 5.56 Å². The molecule has 3 aromatic carbocycles. The molecule has 12 heteroatoms. The molecule has 0 aliphatic carbocycles. The quantitative estimate of drug-likeness (QED) is 0.296. The topological polar surface area (TPSA) is 88.5 Å². The number of nitrogens with zero attached hydrogens (tertiary/aromatic N) is 3. The second-order valence-corrected chi connectivity index (χ2v) is 9.30. The van der Waals surface area contributed by atoms with Gasteiger partial charge in [-0.25, -0.2) is 18.7 Å². The number of para-hydroxylation sites is 1. The maximum Gasteiger partial charge on any atom is 0.419 e. The third-order valence-corrected chi connectivity index (χ3v) is 6.69. The lowest BCUT2D eigenvalue weighted by Gasteiger charge is -2.29. The van der Waals surface area contributed by atoms with Gasteiger partial charge < -0.3 is 20.3 Å². The number of hydrogen-bond donors (Lipinski definition) is 2. The van der Waals surface area contributed by atoms with Crippen molar-refractivity contribution in [2.24, 2.45) is 0 Å². The Labute approximate surface area is 232 Å². The first-order valence-electron chi connectivity index (χ1n) is 12.6. The molecular weight excluding hydrogens is 542 g/mol. The zero-order valence-corrected chi connectivity index (χ0v) is 21.8. The van der Waals surface area contributed by atoms with E-state index in [0.29, 0.717) is 35.7 Å². The van der Waals surface area contributed by atoms with E-state index in [4.69, 9.17) is 9.72 Å². The normalized spacial score (nSPS) is 13.0. The molecule has 8 nitrogen and oxygen atoms in total. The lowest BCUT2D eigenvalue weighted by atomic mass is 10.1. The number of aromatic nitrogens is 2. The number of ether oxygens (including phenoxy) is 1. The van der Waals surface area contributed by atoms with Gasteiger partial charge in [0, 0.05) is 19.5 Å². The molecule has 2 heterocycles. The van der Waals surface area contributed by atoms with Gasteiger partial charge in [0.15, 0.2) is 5.82 Å². The number of benzene rings is 3. The summed E-state index contributed by atoms with van der Waals surface area (Å²) >= 11 is 0. The molecule has 2 N–H and O–H groups in total. The molecule has 0 radical (unpaired) electrons. The summed E-state index contributed by atoms with van der Waals surface area (Å²) in [6, 6.07) is 18.1. The van der Waals surface area contributed by atoms with Crippen LogP contribution >= 0.6 is 0 Å². The number of methoxy groups -OCH3 is 1. The molecule has 41 heavy (non-hydrogen) atoms. The van der Waals surface area contributed by atoms with Crippen LogP contribution in [0.2, 0.25) is 0 Å². The van der Waals surface area contributed by atoms with Crippen molar-refractivity contribution in [3.63, 3.8) is 0 Å². The summed E-state index contributed by atoms with van der Waals surface area (Å²) in [5.74, 6) is -0.544. The maximum atomic E-state index is 14.5. The molecule has 0 unspecified atom stereocenters. The minimum absolute atomic E-state index is 0.124. The van der Waals surface area contributed by atoms with E-state index >= 15 is 0 Å². The first-order chi connectivity index (χ1) is 19.7. The summed E-state index contributed by atoms with van der Waals surface area (Å²) in [4.78, 5) is 32.7. The molecule has 0 fully saturated rings. The summed E-state index contributed by atoms with van der Waals surface area (Å²) in [7, 11) is 1.58. The Balaban J connectivity index is 1.42. The van der Waals surface area contributed by atoms with Gasteiger partial charge >= 0.3 is 12.2 Å². The van der Waals surface area contributed by atoms with Gasteiger partial charge in [-0.1, -0.05) is 36.4 Å². The van der Waals surface area contributed by atoms with Crippen molar-refractivity contribution in [2.45, 2.75) is 25.7 Å². The molecule has 0 saturated heterocycles. The molecule has 0 atom stereocenters. The van der Waals surface area contributed by atoms with Gasteiger partial charge in [0.05, 0.1) is 41.9 Å². The van der Waals surface area contributed by atoms with E-state index in [1.807, 2.05) is 30.3 Å². The smallest absolute Gasteiger partial charge is 0.419 e. The largest absolute Gasteiger partial charge is 0.497 e. The van der Waals surface area contributed by atoms with E-state index < -0.39 is 34.8 Å². The third-order valence-electron chi connectivity index (χ3n) is 6.69. The number of amides is 2. The number of anilines is 2. The summed E-state index contributed by atoms with van der Waals surface area (Å²) in [6.07, 6.45) is -4.70. The van der Waals surface area contributed by atoms with E-state index in [9.17, 15) is 27.2 Å². The van der Waals surface area contributed by atoms with Gasteiger partial charge in [-0.2, -0.15) is 13.2 Å². The average molecular weight is 568 g/mol. The molecule has 1 aliphatic heterocycles. The van der Waals surface area contributed by atoms with Crippen LogP contribution in [0.3, 0.4) is 0 Å². The van der Waals surface area contributed by atoms with Gasteiger partial charge in [-0.05, 0) is 42.0 Å². The molecule has 1 aliphatic rings. The molecule has 5 rings (SSSR count). The van der Waals surface area contributed by atoms with Crippen LogP contribution in [0, 0.1) is 5.82 Å². The van der Waals surface area contributed by atoms with E-state index in [2.05, 4.69) is 10.6 Å². The molecule has 0 spiro atoms. The summed E-state index contributed by atoms with van der Waals surface area (Å²) < 4.78 is 60.4. The number of rotatable bonds is 6. The van der Waals surface area contributed by atoms with Crippen LogP contribution < -0.4 is 20.9 Å². The monoisotopic (exact) mass is 567 g/mol. The summed E-state index contributed by atoms with van der Waals surface area (Å²) in [5, 5.41) is 5.44. The predicted molar refractivity (Wildman–Crippen MR) is 145 cm³/mol. The minimum atomic E-state index is -4.91. The molecule has 1 aromatic heterocycles. The van der Waals surface area contributed by atoms with Gasteiger partial charge in [-0.15, -0.1) is 0 Å². The number of halogens is 4. The number of carbonyl (C=O) groups is 1. The number of urea groups is 1. The number of alkyl halides is 3. The summed E-state index contributed by atoms with van der Waals surface area (Å²) in [6.45, 7) is 0.345. The molecule has 2 amide bonds. The van der Waals surface area contributed by atoms with E-state index in [1.165, 1.54) is 9.47 Å². The third kappa shape index (κ3) is 5.86. The Morgan fingerprint density at radius 2 is 1.76 bits per heavy atom. The molecular formula is C29H25F4N5O3. The Kier molecular flexibility index (Phi) is 7.64. The van der Waals surface area contributed by atoms with Crippen LogP contribution in [-0.4, -0.2) is 34.1 Å². The minimum Gasteiger partial charge on any atom is -0.497 e. The first-order valence-corrected chi connectivity index (χ1v) is 12.6. The Morgan fingerprint density at radius 1 is 1.02 bits per heavy atom. The average Bonchev–Trinajstić information content (AvgIpc) is 2.97. The van der Waals surface area contributed by atoms with Crippen molar-refractivity contribution < 1.29 is 27.1 Å². The predicted octanol–water partition coefficient (Wildman–Crippen LogP) is 5.60. The number of carbonyl (C=O) groups excluding carboxylic acids is 1. The highest BCUT2D eigenvalue weighted by molar-refractivity contribution is 5.89. The van der Waals surface area contributed by atoms with Gasteiger partial charge in [0.2, 0.25) is 5.95 Å². The van der Waals surface area contributed by atoms with E-state index in [1.54, 1.807) is 31.4 Å². The van der Waals surface area contributed by atoms with E-state index in [0.717, 1.165) is 17.7 Å². The Bertz CT molecular complexity index is 1620. The maximum absolute atomic E-state index is 14.5. The van der Waals surface area contributed by atoms with Crippen LogP contribution in [0.4, 0.5) is 34.0 Å². The van der Waals surface area contributed by atoms with Crippen LogP contribution in [0.15, 0.2) is 77.6 Å². The SMILES string of the molecule is COc1ccc(CNc2nc3c(c(=O)n2-c2ccccc2)CN(C(=O)Nc2cccc(C(F)(F)F)c2F)CC3)cc1. The molecule has 212 valence electrons. The highest BCUT2D eigenvalue weighted by Gasteiger charge is 2.35. The van der Waals surface area contributed by atoms with Crippen LogP contribution in [0.1, 0.15) is 22.4 Å². The van der Waals surface area contributed by atoms with Crippen LogP contribution in [-0.2, 0) is 25.7 Å². The molecule has 0 bridgehead atoms. The zero-order chi connectivity index (χ0) is 29.1. The Morgan fingerprint density at radius 3 is 2.44 bits per heavy atom. The summed E-state index contributed by atoms with van der Waals surface area (Å²) in [5.41, 5.74) is -0.248. The lowest BCUT2D eigenvalue weighted by molar-refractivity contribution is -0.139. The van der Waals surface area contributed by atoms with Crippen molar-refractivity contribution in [2.75, 3.05) is 24.3 Å². The van der Waals surface area contributed by atoms with Crippen molar-refractivity contribution in [3.05, 3.63) is 111 Å². The van der Waals surface area contributed by atoms with Crippen molar-refractivity contribution in [1.29, 1.82) is 0 Å². The van der Waals surface area contributed by atoms with Crippen molar-refractivity contribution in [3.8, 4) is 11.4 Å². The van der Waals surface area contributed by atoms with Crippen LogP contribution in [0.5, 0.6) is 5.75 Å². The second kappa shape index (κ2) is 11.3. The second-order valence-electron chi connectivity index (χ2n) is 9.30. The first kappa shape index (κ1) is 27.7. The van der Waals surface area contributed by atoms with Gasteiger partial charge in [0.1, 0.15) is 5.75 Å². The number of hydrogen-bond acceptors (Lipinski definition) is 5. The lowest BCUT2D eigenvalue weighted by Crippen LogP contribution is -2.43. The zero-order valence-electron chi connectivity index (χ0n) is 21.8. The number of nitrogens with one attached hydrogen (secondary N) is 2. The highest BCUT2D eigenvalue weighted by Crippen LogP contribution is 2.34.